The minimum Gasteiger partial charge on any atom is -0.465 e. The third kappa shape index (κ3) is 3.17. The summed E-state index contributed by atoms with van der Waals surface area (Å²) in [6, 6.07) is 9.86. The number of nitrogens with zero attached hydrogens (tertiary/aromatic N) is 1. The van der Waals surface area contributed by atoms with E-state index in [-0.39, 0.29) is 22.0 Å². The Morgan fingerprint density at radius 3 is 2.14 bits per heavy atom. The van der Waals surface area contributed by atoms with Crippen LogP contribution in [-0.2, 0) is 10.7 Å². The van der Waals surface area contributed by atoms with Gasteiger partial charge in [-0.1, -0.05) is 30.3 Å². The van der Waals surface area contributed by atoms with Gasteiger partial charge in [0.2, 0.25) is 0 Å². The third-order valence-electron chi connectivity index (χ3n) is 4.07. The Morgan fingerprint density at radius 2 is 1.57 bits per heavy atom. The van der Waals surface area contributed by atoms with E-state index in [4.69, 9.17) is 0 Å². The van der Waals surface area contributed by atoms with Crippen LogP contribution in [0.5, 0.6) is 0 Å². The number of ether oxygens (including phenoxy) is 1. The number of benzene rings is 2. The predicted octanol–water partition coefficient (Wildman–Crippen LogP) is 5.48. The van der Waals surface area contributed by atoms with Gasteiger partial charge in [0.05, 0.1) is 18.2 Å². The van der Waals surface area contributed by atoms with E-state index >= 15 is 0 Å². The van der Waals surface area contributed by atoms with Crippen LogP contribution < -0.4 is 0 Å². The molecule has 0 aliphatic carbocycles. The minimum absolute atomic E-state index is 0.0552. The first-order valence-corrected chi connectivity index (χ1v) is 7.80. The third-order valence-corrected chi connectivity index (χ3v) is 4.07. The van der Waals surface area contributed by atoms with Gasteiger partial charge in [0.1, 0.15) is 11.5 Å². The summed E-state index contributed by atoms with van der Waals surface area (Å²) < 4.78 is 85.5. The molecule has 0 fully saturated rings. The molecule has 3 nitrogen and oxygen atoms in total. The van der Waals surface area contributed by atoms with Crippen LogP contribution in [0.2, 0.25) is 0 Å². The van der Waals surface area contributed by atoms with Crippen molar-refractivity contribution in [3.05, 3.63) is 65.6 Å². The maximum Gasteiger partial charge on any atom is 0.459 e. The molecule has 28 heavy (non-hydrogen) atoms. The topological polar surface area (TPSA) is 39.2 Å². The lowest BCUT2D eigenvalue weighted by atomic mass is 9.92. The SMILES string of the molecule is COC(=O)c1c(C(F)(F)C(F)(F)F)nc2ccccc2c1-c1ccc(F)cc1. The van der Waals surface area contributed by atoms with Crippen LogP contribution in [0.15, 0.2) is 48.5 Å². The number of hydrogen-bond acceptors (Lipinski definition) is 3. The molecule has 9 heteroatoms. The smallest absolute Gasteiger partial charge is 0.459 e. The summed E-state index contributed by atoms with van der Waals surface area (Å²) in [7, 11) is 0.849. The fraction of sp³-hybridized carbons (Fsp3) is 0.158. The molecule has 0 unspecified atom stereocenters. The molecule has 0 amide bonds. The summed E-state index contributed by atoms with van der Waals surface area (Å²) >= 11 is 0. The van der Waals surface area contributed by atoms with Crippen molar-refractivity contribution in [3.8, 4) is 11.1 Å². The molecule has 3 aromatic rings. The van der Waals surface area contributed by atoms with Crippen LogP contribution in [0.1, 0.15) is 16.1 Å². The molecule has 3 rings (SSSR count). The molecule has 0 radical (unpaired) electrons. The molecule has 0 spiro atoms. The zero-order valence-electron chi connectivity index (χ0n) is 14.2. The molecule has 0 saturated carbocycles. The molecule has 0 bridgehead atoms. The van der Waals surface area contributed by atoms with E-state index < -0.39 is 35.1 Å². The van der Waals surface area contributed by atoms with E-state index in [1.54, 1.807) is 0 Å². The van der Waals surface area contributed by atoms with Gasteiger partial charge in [-0.3, -0.25) is 0 Å². The second kappa shape index (κ2) is 6.81. The molecule has 1 heterocycles. The number of esters is 1. The molecule has 0 aliphatic rings. The van der Waals surface area contributed by atoms with Gasteiger partial charge in [-0.15, -0.1) is 0 Å². The predicted molar refractivity (Wildman–Crippen MR) is 88.4 cm³/mol. The van der Waals surface area contributed by atoms with Gasteiger partial charge < -0.3 is 4.74 Å². The fourth-order valence-electron chi connectivity index (χ4n) is 2.79. The summed E-state index contributed by atoms with van der Waals surface area (Å²) in [5, 5.41) is 0.135. The fourth-order valence-corrected chi connectivity index (χ4v) is 2.79. The summed E-state index contributed by atoms with van der Waals surface area (Å²) in [6.07, 6.45) is -5.99. The first-order valence-electron chi connectivity index (χ1n) is 7.80. The molecule has 146 valence electrons. The van der Waals surface area contributed by atoms with Crippen molar-refractivity contribution in [1.82, 2.24) is 4.98 Å². The van der Waals surface area contributed by atoms with Crippen LogP contribution in [0, 0.1) is 5.82 Å². The van der Waals surface area contributed by atoms with E-state index in [1.807, 2.05) is 0 Å². The number of aromatic nitrogens is 1. The number of alkyl halides is 5. The molecule has 0 N–H and O–H groups in total. The number of para-hydroxylation sites is 1. The normalized spacial score (nSPS) is 12.2. The highest BCUT2D eigenvalue weighted by molar-refractivity contribution is 6.08. The summed E-state index contributed by atoms with van der Waals surface area (Å²) in [4.78, 5) is 15.7. The quantitative estimate of drug-likeness (QED) is 0.432. The van der Waals surface area contributed by atoms with Gasteiger partial charge in [0, 0.05) is 10.9 Å². The maximum atomic E-state index is 14.3. The lowest BCUT2D eigenvalue weighted by molar-refractivity contribution is -0.291. The molecule has 2 aromatic carbocycles. The van der Waals surface area contributed by atoms with Crippen LogP contribution in [0.25, 0.3) is 22.0 Å². The molecule has 0 atom stereocenters. The zero-order chi connectivity index (χ0) is 20.7. The van der Waals surface area contributed by atoms with Gasteiger partial charge in [-0.2, -0.15) is 22.0 Å². The number of rotatable bonds is 3. The van der Waals surface area contributed by atoms with Crippen molar-refractivity contribution in [2.24, 2.45) is 0 Å². The van der Waals surface area contributed by atoms with E-state index in [0.717, 1.165) is 19.2 Å². The van der Waals surface area contributed by atoms with Gasteiger partial charge in [0.25, 0.3) is 0 Å². The number of methoxy groups -OCH3 is 1. The van der Waals surface area contributed by atoms with E-state index in [9.17, 15) is 31.1 Å². The second-order valence-corrected chi connectivity index (χ2v) is 5.80. The summed E-state index contributed by atoms with van der Waals surface area (Å²) in [5.41, 5.74) is -3.19. The molecule has 1 aromatic heterocycles. The number of fused-ring (bicyclic) bond motifs is 1. The number of hydrogen-bond donors (Lipinski definition) is 0. The Kier molecular flexibility index (Phi) is 4.78. The standard InChI is InChI=1S/C19H11F6NO2/c1-28-17(27)15-14(10-6-8-11(20)9-7-10)12-4-2-3-5-13(12)26-16(15)18(21,22)19(23,24)25/h2-9H,1H3. The highest BCUT2D eigenvalue weighted by Crippen LogP contribution is 2.47. The van der Waals surface area contributed by atoms with Crippen molar-refractivity contribution in [2.45, 2.75) is 12.1 Å². The van der Waals surface area contributed by atoms with Gasteiger partial charge in [0.15, 0.2) is 0 Å². The second-order valence-electron chi connectivity index (χ2n) is 5.80. The number of carbonyl (C=O) groups excluding carboxylic acids is 1. The Balaban J connectivity index is 2.52. The van der Waals surface area contributed by atoms with Crippen molar-refractivity contribution >= 4 is 16.9 Å². The Labute approximate surface area is 154 Å². The highest BCUT2D eigenvalue weighted by atomic mass is 19.4. The van der Waals surface area contributed by atoms with Gasteiger partial charge in [-0.05, 0) is 23.8 Å². The lowest BCUT2D eigenvalue weighted by Gasteiger charge is -2.23. The Morgan fingerprint density at radius 1 is 0.964 bits per heavy atom. The van der Waals surface area contributed by atoms with Crippen LogP contribution >= 0.6 is 0 Å². The van der Waals surface area contributed by atoms with E-state index in [2.05, 4.69) is 9.72 Å². The van der Waals surface area contributed by atoms with Crippen LogP contribution in [-0.4, -0.2) is 24.2 Å². The van der Waals surface area contributed by atoms with E-state index in [1.165, 1.54) is 36.4 Å². The van der Waals surface area contributed by atoms with Crippen molar-refractivity contribution in [1.29, 1.82) is 0 Å². The number of carbonyl (C=O) groups is 1. The molecular weight excluding hydrogens is 388 g/mol. The number of halogens is 6. The molecule has 0 aliphatic heterocycles. The van der Waals surface area contributed by atoms with Crippen molar-refractivity contribution in [3.63, 3.8) is 0 Å². The van der Waals surface area contributed by atoms with Crippen molar-refractivity contribution in [2.75, 3.05) is 7.11 Å². The monoisotopic (exact) mass is 399 g/mol. The maximum absolute atomic E-state index is 14.3. The van der Waals surface area contributed by atoms with Crippen LogP contribution in [0.4, 0.5) is 26.3 Å². The summed E-state index contributed by atoms with van der Waals surface area (Å²) in [6.45, 7) is 0. The lowest BCUT2D eigenvalue weighted by Crippen LogP contribution is -2.36. The minimum atomic E-state index is -5.99. The molecule has 0 saturated heterocycles. The number of pyridine rings is 1. The Hall–Kier alpha value is -3.10. The van der Waals surface area contributed by atoms with Crippen molar-refractivity contribution < 1.29 is 35.9 Å². The van der Waals surface area contributed by atoms with Gasteiger partial charge >= 0.3 is 18.1 Å². The largest absolute Gasteiger partial charge is 0.465 e. The average Bonchev–Trinajstić information content (AvgIpc) is 2.65. The average molecular weight is 399 g/mol. The summed E-state index contributed by atoms with van der Waals surface area (Å²) in [5.74, 6) is -7.49. The first kappa shape index (κ1) is 19.7. The molecular formula is C19H11F6NO2. The zero-order valence-corrected chi connectivity index (χ0v) is 14.2. The van der Waals surface area contributed by atoms with Gasteiger partial charge in [-0.25, -0.2) is 14.2 Å². The highest BCUT2D eigenvalue weighted by Gasteiger charge is 2.61. The Bertz CT molecular complexity index is 1040. The first-order chi connectivity index (χ1) is 13.1. The van der Waals surface area contributed by atoms with Crippen LogP contribution in [0.3, 0.4) is 0 Å². The van der Waals surface area contributed by atoms with E-state index in [0.29, 0.717) is 0 Å².